The molecule has 2 saturated heterocycles. The van der Waals surface area contributed by atoms with Gasteiger partial charge in [0, 0.05) is 13.2 Å². The highest BCUT2D eigenvalue weighted by Gasteiger charge is 2.41. The molecule has 0 aromatic rings. The number of nitrogens with zero attached hydrogens (tertiary/aromatic N) is 1. The Morgan fingerprint density at radius 2 is 2.10 bits per heavy atom. The highest BCUT2D eigenvalue weighted by Crippen LogP contribution is 2.22. The van der Waals surface area contributed by atoms with Crippen molar-refractivity contribution in [1.29, 1.82) is 0 Å². The van der Waals surface area contributed by atoms with Gasteiger partial charge in [0.05, 0.1) is 6.10 Å². The number of rotatable bonds is 6. The molecule has 3 atom stereocenters. The van der Waals surface area contributed by atoms with Crippen molar-refractivity contribution in [2.24, 2.45) is 5.92 Å². The molecule has 3 unspecified atom stereocenters. The van der Waals surface area contributed by atoms with E-state index in [1.165, 1.54) is 0 Å². The van der Waals surface area contributed by atoms with Crippen LogP contribution in [-0.2, 0) is 14.3 Å². The largest absolute Gasteiger partial charge is 0.378 e. The molecule has 2 rings (SSSR count). The standard InChI is InChI=1S/C16H28N2O3/c1-4-6-13-16(20)18(9-8-12-7-5-10-21-12)14(11(2)3)15(19)17-13/h11-14H,4-10H2,1-3H3,(H,17,19). The second-order valence-electron chi connectivity index (χ2n) is 6.49. The minimum atomic E-state index is -0.345. The van der Waals surface area contributed by atoms with Crippen molar-refractivity contribution in [1.82, 2.24) is 10.2 Å². The first kappa shape index (κ1) is 16.3. The molecule has 2 aliphatic rings. The van der Waals surface area contributed by atoms with Gasteiger partial charge in [-0.1, -0.05) is 27.2 Å². The van der Waals surface area contributed by atoms with Crippen molar-refractivity contribution in [2.45, 2.75) is 71.1 Å². The van der Waals surface area contributed by atoms with Crippen LogP contribution in [-0.4, -0.2) is 48.1 Å². The van der Waals surface area contributed by atoms with Crippen LogP contribution in [0.5, 0.6) is 0 Å². The number of hydrogen-bond acceptors (Lipinski definition) is 3. The van der Waals surface area contributed by atoms with Crippen molar-refractivity contribution in [3.05, 3.63) is 0 Å². The highest BCUT2D eigenvalue weighted by molar-refractivity contribution is 5.97. The van der Waals surface area contributed by atoms with E-state index < -0.39 is 0 Å². The molecule has 1 N–H and O–H groups in total. The van der Waals surface area contributed by atoms with E-state index in [9.17, 15) is 9.59 Å². The third-order valence-corrected chi connectivity index (χ3v) is 4.43. The summed E-state index contributed by atoms with van der Waals surface area (Å²) in [5, 5.41) is 2.90. The van der Waals surface area contributed by atoms with Crippen LogP contribution in [0.4, 0.5) is 0 Å². The number of piperazine rings is 1. The Hall–Kier alpha value is -1.10. The lowest BCUT2D eigenvalue weighted by atomic mass is 9.95. The Bertz CT molecular complexity index is 378. The van der Waals surface area contributed by atoms with Gasteiger partial charge in [0.15, 0.2) is 0 Å². The first-order chi connectivity index (χ1) is 10.0. The SMILES string of the molecule is CCCC1NC(=O)C(C(C)C)N(CCC2CCCO2)C1=O. The summed E-state index contributed by atoms with van der Waals surface area (Å²) in [5.41, 5.74) is 0. The van der Waals surface area contributed by atoms with Crippen LogP contribution >= 0.6 is 0 Å². The highest BCUT2D eigenvalue weighted by atomic mass is 16.5. The zero-order valence-electron chi connectivity index (χ0n) is 13.4. The summed E-state index contributed by atoms with van der Waals surface area (Å²) < 4.78 is 5.64. The van der Waals surface area contributed by atoms with E-state index >= 15 is 0 Å². The molecule has 0 saturated carbocycles. The van der Waals surface area contributed by atoms with Crippen molar-refractivity contribution in [3.63, 3.8) is 0 Å². The quantitative estimate of drug-likeness (QED) is 0.812. The smallest absolute Gasteiger partial charge is 0.245 e. The molecule has 0 radical (unpaired) electrons. The normalized spacial score (nSPS) is 30.1. The minimum Gasteiger partial charge on any atom is -0.378 e. The first-order valence-corrected chi connectivity index (χ1v) is 8.27. The molecule has 0 aliphatic carbocycles. The van der Waals surface area contributed by atoms with Gasteiger partial charge in [-0.2, -0.15) is 0 Å². The van der Waals surface area contributed by atoms with E-state index in [1.54, 1.807) is 4.90 Å². The summed E-state index contributed by atoms with van der Waals surface area (Å²) in [6.07, 6.45) is 4.86. The summed E-state index contributed by atoms with van der Waals surface area (Å²) in [7, 11) is 0. The third kappa shape index (κ3) is 3.76. The second-order valence-corrected chi connectivity index (χ2v) is 6.49. The van der Waals surface area contributed by atoms with E-state index in [2.05, 4.69) is 5.32 Å². The Morgan fingerprint density at radius 3 is 2.67 bits per heavy atom. The van der Waals surface area contributed by atoms with Gasteiger partial charge < -0.3 is 15.0 Å². The van der Waals surface area contributed by atoms with E-state index in [0.717, 1.165) is 32.3 Å². The fraction of sp³-hybridized carbons (Fsp3) is 0.875. The van der Waals surface area contributed by atoms with Crippen LogP contribution in [0, 0.1) is 5.92 Å². The maximum atomic E-state index is 12.7. The first-order valence-electron chi connectivity index (χ1n) is 8.27. The van der Waals surface area contributed by atoms with Gasteiger partial charge in [0.2, 0.25) is 11.8 Å². The molecule has 0 aromatic heterocycles. The molecular formula is C16H28N2O3. The predicted molar refractivity (Wildman–Crippen MR) is 80.8 cm³/mol. The molecule has 120 valence electrons. The van der Waals surface area contributed by atoms with Crippen molar-refractivity contribution in [3.8, 4) is 0 Å². The maximum Gasteiger partial charge on any atom is 0.245 e. The molecular weight excluding hydrogens is 268 g/mol. The van der Waals surface area contributed by atoms with Crippen LogP contribution < -0.4 is 5.32 Å². The topological polar surface area (TPSA) is 58.6 Å². The van der Waals surface area contributed by atoms with Crippen molar-refractivity contribution in [2.75, 3.05) is 13.2 Å². The Balaban J connectivity index is 2.05. The van der Waals surface area contributed by atoms with Crippen LogP contribution in [0.2, 0.25) is 0 Å². The molecule has 2 amide bonds. The average molecular weight is 296 g/mol. The van der Waals surface area contributed by atoms with Gasteiger partial charge in [0.25, 0.3) is 0 Å². The van der Waals surface area contributed by atoms with E-state index in [0.29, 0.717) is 13.0 Å². The summed E-state index contributed by atoms with van der Waals surface area (Å²) in [6, 6.07) is -0.686. The fourth-order valence-corrected chi connectivity index (χ4v) is 3.35. The van der Waals surface area contributed by atoms with Crippen LogP contribution in [0.15, 0.2) is 0 Å². The molecule has 21 heavy (non-hydrogen) atoms. The molecule has 2 aliphatic heterocycles. The molecule has 2 fully saturated rings. The van der Waals surface area contributed by atoms with E-state index in [1.807, 2.05) is 20.8 Å². The van der Waals surface area contributed by atoms with E-state index in [4.69, 9.17) is 4.74 Å². The van der Waals surface area contributed by atoms with Gasteiger partial charge in [-0.05, 0) is 31.6 Å². The summed E-state index contributed by atoms with van der Waals surface area (Å²) in [4.78, 5) is 26.8. The summed E-state index contributed by atoms with van der Waals surface area (Å²) >= 11 is 0. The zero-order chi connectivity index (χ0) is 15.4. The third-order valence-electron chi connectivity index (χ3n) is 4.43. The lowest BCUT2D eigenvalue weighted by Gasteiger charge is -2.41. The number of ether oxygens (including phenoxy) is 1. The molecule has 2 heterocycles. The zero-order valence-corrected chi connectivity index (χ0v) is 13.4. The maximum absolute atomic E-state index is 12.7. The Morgan fingerprint density at radius 1 is 1.33 bits per heavy atom. The Kier molecular flexibility index (Phi) is 5.62. The minimum absolute atomic E-state index is 0.00427. The lowest BCUT2D eigenvalue weighted by molar-refractivity contribution is -0.151. The molecule has 5 heteroatoms. The van der Waals surface area contributed by atoms with Crippen molar-refractivity contribution >= 4 is 11.8 Å². The van der Waals surface area contributed by atoms with Gasteiger partial charge in [-0.15, -0.1) is 0 Å². The molecule has 5 nitrogen and oxygen atoms in total. The predicted octanol–water partition coefficient (Wildman–Crippen LogP) is 1.71. The summed E-state index contributed by atoms with van der Waals surface area (Å²) in [5.74, 6) is 0.199. The van der Waals surface area contributed by atoms with Crippen molar-refractivity contribution < 1.29 is 14.3 Å². The van der Waals surface area contributed by atoms with Gasteiger partial charge in [-0.3, -0.25) is 9.59 Å². The van der Waals surface area contributed by atoms with Gasteiger partial charge >= 0.3 is 0 Å². The monoisotopic (exact) mass is 296 g/mol. The Labute approximate surface area is 127 Å². The molecule has 0 spiro atoms. The van der Waals surface area contributed by atoms with E-state index in [-0.39, 0.29) is 35.9 Å². The summed E-state index contributed by atoms with van der Waals surface area (Å²) in [6.45, 7) is 7.48. The lowest BCUT2D eigenvalue weighted by Crippen LogP contribution is -2.65. The number of carbonyl (C=O) groups is 2. The van der Waals surface area contributed by atoms with Gasteiger partial charge in [0.1, 0.15) is 12.1 Å². The van der Waals surface area contributed by atoms with Crippen LogP contribution in [0.25, 0.3) is 0 Å². The van der Waals surface area contributed by atoms with Crippen LogP contribution in [0.3, 0.4) is 0 Å². The average Bonchev–Trinajstić information content (AvgIpc) is 2.93. The van der Waals surface area contributed by atoms with Crippen LogP contribution in [0.1, 0.15) is 52.9 Å². The van der Waals surface area contributed by atoms with Gasteiger partial charge in [-0.25, -0.2) is 0 Å². The number of carbonyl (C=O) groups excluding carboxylic acids is 2. The molecule has 0 aromatic carbocycles. The number of amides is 2. The number of hydrogen-bond donors (Lipinski definition) is 1. The second kappa shape index (κ2) is 7.25. The number of nitrogens with one attached hydrogen (secondary N) is 1. The molecule has 0 bridgehead atoms. The fourth-order valence-electron chi connectivity index (χ4n) is 3.35.